The van der Waals surface area contributed by atoms with Crippen LogP contribution in [0.2, 0.25) is 0 Å². The summed E-state index contributed by atoms with van der Waals surface area (Å²) >= 11 is 0. The van der Waals surface area contributed by atoms with E-state index in [1.165, 1.54) is 23.8 Å². The number of halogens is 1. The van der Waals surface area contributed by atoms with E-state index >= 15 is 0 Å². The van der Waals surface area contributed by atoms with Gasteiger partial charge in [0, 0.05) is 48.8 Å². The summed E-state index contributed by atoms with van der Waals surface area (Å²) in [4.78, 5) is 29.8. The predicted molar refractivity (Wildman–Crippen MR) is 122 cm³/mol. The van der Waals surface area contributed by atoms with Crippen LogP contribution < -0.4 is 5.56 Å². The number of hydrogen-bond acceptors (Lipinski definition) is 7. The number of nitrogens with zero attached hydrogens (tertiary/aromatic N) is 3. The highest BCUT2D eigenvalue weighted by molar-refractivity contribution is 7.89. The summed E-state index contributed by atoms with van der Waals surface area (Å²) in [6, 6.07) is 9.37. The standard InChI is InChI=1S/C24H22FN3O6S/c1-34-24(31)21-16(13-29)19-12-27-18(7-6-15(23(27)30)14-8-10-26-11-9-14)22(21)28(19)35(32,33)20-5-3-2-4-17(20)25/h2-11,16,19,21-22,29H,12-13H2,1H3/t16-,19-,21+,22+/m0/s1. The molecule has 2 aromatic heterocycles. The summed E-state index contributed by atoms with van der Waals surface area (Å²) in [5.41, 5.74) is 0.928. The third-order valence-corrected chi connectivity index (χ3v) is 8.78. The molecular formula is C24H22FN3O6S. The number of aromatic nitrogens is 2. The van der Waals surface area contributed by atoms with Crippen molar-refractivity contribution in [2.45, 2.75) is 23.5 Å². The van der Waals surface area contributed by atoms with E-state index in [1.54, 1.807) is 36.7 Å². The van der Waals surface area contributed by atoms with E-state index in [9.17, 15) is 27.5 Å². The molecule has 1 fully saturated rings. The van der Waals surface area contributed by atoms with Crippen LogP contribution in [0.3, 0.4) is 0 Å². The molecule has 0 aliphatic carbocycles. The third-order valence-electron chi connectivity index (χ3n) is 6.84. The summed E-state index contributed by atoms with van der Waals surface area (Å²) < 4.78 is 49.5. The molecule has 0 spiro atoms. The number of hydrogen-bond donors (Lipinski definition) is 1. The van der Waals surface area contributed by atoms with Gasteiger partial charge < -0.3 is 14.4 Å². The molecule has 2 bridgehead atoms. The second kappa shape index (κ2) is 8.67. The summed E-state index contributed by atoms with van der Waals surface area (Å²) in [5, 5.41) is 10.2. The Morgan fingerprint density at radius 1 is 1.17 bits per heavy atom. The molecule has 1 N–H and O–H groups in total. The molecule has 4 heterocycles. The van der Waals surface area contributed by atoms with Gasteiger partial charge in [-0.2, -0.15) is 4.31 Å². The first-order valence-electron chi connectivity index (χ1n) is 10.9. The first-order chi connectivity index (χ1) is 16.8. The molecule has 2 aliphatic rings. The van der Waals surface area contributed by atoms with E-state index < -0.39 is 57.2 Å². The van der Waals surface area contributed by atoms with E-state index in [2.05, 4.69) is 4.98 Å². The highest BCUT2D eigenvalue weighted by Crippen LogP contribution is 2.51. The van der Waals surface area contributed by atoms with Crippen molar-refractivity contribution in [3.63, 3.8) is 0 Å². The lowest BCUT2D eigenvalue weighted by molar-refractivity contribution is -0.148. The monoisotopic (exact) mass is 499 g/mol. The summed E-state index contributed by atoms with van der Waals surface area (Å²) in [7, 11) is -3.27. The van der Waals surface area contributed by atoms with E-state index in [0.29, 0.717) is 11.1 Å². The summed E-state index contributed by atoms with van der Waals surface area (Å²) in [5.74, 6) is -3.60. The number of methoxy groups -OCH3 is 1. The zero-order valence-electron chi connectivity index (χ0n) is 18.6. The number of benzene rings is 1. The van der Waals surface area contributed by atoms with Crippen molar-refractivity contribution in [2.75, 3.05) is 13.7 Å². The Morgan fingerprint density at radius 2 is 1.89 bits per heavy atom. The molecule has 5 rings (SSSR count). The Morgan fingerprint density at radius 3 is 2.54 bits per heavy atom. The molecule has 9 nitrogen and oxygen atoms in total. The van der Waals surface area contributed by atoms with Crippen LogP contribution in [0.1, 0.15) is 11.7 Å². The van der Waals surface area contributed by atoms with Gasteiger partial charge in [0.25, 0.3) is 5.56 Å². The Labute approximate surface area is 200 Å². The number of rotatable bonds is 5. The van der Waals surface area contributed by atoms with Gasteiger partial charge in [0.1, 0.15) is 10.7 Å². The van der Waals surface area contributed by atoms with Crippen molar-refractivity contribution in [1.82, 2.24) is 13.9 Å². The normalized spacial score (nSPS) is 23.6. The van der Waals surface area contributed by atoms with Crippen LogP contribution in [0.15, 0.2) is 70.6 Å². The highest BCUT2D eigenvalue weighted by Gasteiger charge is 2.60. The molecule has 0 amide bonds. The van der Waals surface area contributed by atoms with Crippen LogP contribution in [0.5, 0.6) is 0 Å². The zero-order chi connectivity index (χ0) is 24.9. The number of aliphatic hydroxyl groups excluding tert-OH is 1. The van der Waals surface area contributed by atoms with E-state index in [0.717, 1.165) is 16.4 Å². The van der Waals surface area contributed by atoms with Crippen molar-refractivity contribution >= 4 is 16.0 Å². The molecule has 1 saturated heterocycles. The van der Waals surface area contributed by atoms with Gasteiger partial charge in [-0.05, 0) is 42.0 Å². The topological polar surface area (TPSA) is 119 Å². The Kier molecular flexibility index (Phi) is 5.78. The highest BCUT2D eigenvalue weighted by atomic mass is 32.2. The number of fused-ring (bicyclic) bond motifs is 4. The minimum Gasteiger partial charge on any atom is -0.469 e. The fraction of sp³-hybridized carbons (Fsp3) is 0.292. The minimum absolute atomic E-state index is 0.115. The lowest BCUT2D eigenvalue weighted by atomic mass is 9.87. The maximum absolute atomic E-state index is 14.6. The average Bonchev–Trinajstić information content (AvgIpc) is 3.12. The average molecular weight is 500 g/mol. The number of pyridine rings is 2. The number of aliphatic hydroxyl groups is 1. The minimum atomic E-state index is -4.45. The van der Waals surface area contributed by atoms with Crippen LogP contribution >= 0.6 is 0 Å². The maximum Gasteiger partial charge on any atom is 0.311 e. The first-order valence-corrected chi connectivity index (χ1v) is 12.4. The van der Waals surface area contributed by atoms with Crippen LogP contribution in [0.4, 0.5) is 4.39 Å². The maximum atomic E-state index is 14.6. The second-order valence-electron chi connectivity index (χ2n) is 8.50. The molecule has 182 valence electrons. The van der Waals surface area contributed by atoms with Gasteiger partial charge in [0.2, 0.25) is 10.0 Å². The largest absolute Gasteiger partial charge is 0.469 e. The lowest BCUT2D eigenvalue weighted by Crippen LogP contribution is -2.49. The fourth-order valence-electron chi connectivity index (χ4n) is 5.30. The first kappa shape index (κ1) is 23.3. The van der Waals surface area contributed by atoms with Crippen LogP contribution in [-0.2, 0) is 26.1 Å². The lowest BCUT2D eigenvalue weighted by Gasteiger charge is -2.37. The van der Waals surface area contributed by atoms with Crippen molar-refractivity contribution in [2.24, 2.45) is 11.8 Å². The van der Waals surface area contributed by atoms with Crippen molar-refractivity contribution in [3.05, 3.63) is 82.8 Å². The molecule has 0 radical (unpaired) electrons. The van der Waals surface area contributed by atoms with Gasteiger partial charge in [-0.15, -0.1) is 0 Å². The van der Waals surface area contributed by atoms with Gasteiger partial charge in [-0.3, -0.25) is 14.6 Å². The van der Waals surface area contributed by atoms with Gasteiger partial charge in [0.15, 0.2) is 0 Å². The third kappa shape index (κ3) is 3.49. The quantitative estimate of drug-likeness (QED) is 0.530. The fourth-order valence-corrected chi connectivity index (χ4v) is 7.21. The molecule has 3 aromatic rings. The molecule has 0 saturated carbocycles. The molecule has 11 heteroatoms. The number of carbonyl (C=O) groups is 1. The Bertz CT molecular complexity index is 1460. The van der Waals surface area contributed by atoms with Gasteiger partial charge in [-0.25, -0.2) is 12.8 Å². The van der Waals surface area contributed by atoms with Crippen LogP contribution in [-0.4, -0.2) is 53.1 Å². The molecule has 35 heavy (non-hydrogen) atoms. The second-order valence-corrected chi connectivity index (χ2v) is 10.3. The molecule has 0 unspecified atom stereocenters. The van der Waals surface area contributed by atoms with Crippen LogP contribution in [0, 0.1) is 17.7 Å². The van der Waals surface area contributed by atoms with E-state index in [4.69, 9.17) is 4.74 Å². The Balaban J connectivity index is 1.73. The van der Waals surface area contributed by atoms with E-state index in [-0.39, 0.29) is 17.8 Å². The number of esters is 1. The number of ether oxygens (including phenoxy) is 1. The number of carbonyl (C=O) groups excluding carboxylic acids is 1. The smallest absolute Gasteiger partial charge is 0.311 e. The van der Waals surface area contributed by atoms with Gasteiger partial charge in [0.05, 0.1) is 19.1 Å². The summed E-state index contributed by atoms with van der Waals surface area (Å²) in [6.45, 7) is -0.639. The van der Waals surface area contributed by atoms with Gasteiger partial charge in [-0.1, -0.05) is 12.1 Å². The molecule has 2 aliphatic heterocycles. The van der Waals surface area contributed by atoms with Crippen molar-refractivity contribution < 1.29 is 27.4 Å². The molecule has 1 aromatic carbocycles. The predicted octanol–water partition coefficient (Wildman–Crippen LogP) is 1.57. The Hall–Kier alpha value is -3.41. The summed E-state index contributed by atoms with van der Waals surface area (Å²) in [6.07, 6.45) is 3.11. The van der Waals surface area contributed by atoms with Crippen molar-refractivity contribution in [1.29, 1.82) is 0 Å². The molecular weight excluding hydrogens is 477 g/mol. The zero-order valence-corrected chi connectivity index (χ0v) is 19.4. The van der Waals surface area contributed by atoms with E-state index in [1.807, 2.05) is 0 Å². The SMILES string of the molecule is COC(=O)[C@@H]1[C@@H](CO)[C@@H]2Cn3c(ccc(-c4ccncc4)c3=O)[C@H]1N2S(=O)(=O)c1ccccc1F. The van der Waals surface area contributed by atoms with Gasteiger partial charge >= 0.3 is 5.97 Å². The molecule has 4 atom stereocenters. The number of sulfonamides is 1. The van der Waals surface area contributed by atoms with Crippen molar-refractivity contribution in [3.8, 4) is 11.1 Å². The van der Waals surface area contributed by atoms with Crippen LogP contribution in [0.25, 0.3) is 11.1 Å².